The lowest BCUT2D eigenvalue weighted by molar-refractivity contribution is -0.122. The first-order chi connectivity index (χ1) is 12.1. The quantitative estimate of drug-likeness (QED) is 0.784. The van der Waals surface area contributed by atoms with Crippen molar-refractivity contribution < 1.29 is 19.1 Å². The third-order valence-electron chi connectivity index (χ3n) is 3.84. The first-order valence-electron chi connectivity index (χ1n) is 7.87. The zero-order chi connectivity index (χ0) is 18.2. The lowest BCUT2D eigenvalue weighted by Crippen LogP contribution is -2.49. The summed E-state index contributed by atoms with van der Waals surface area (Å²) in [5.41, 5.74) is 6.77. The van der Waals surface area contributed by atoms with Crippen molar-refractivity contribution in [1.82, 2.24) is 14.9 Å². The number of carbonyl (C=O) groups is 2. The van der Waals surface area contributed by atoms with Gasteiger partial charge in [-0.1, -0.05) is 6.92 Å². The Labute approximate surface area is 145 Å². The highest BCUT2D eigenvalue weighted by Gasteiger charge is 2.25. The zero-order valence-corrected chi connectivity index (χ0v) is 14.0. The summed E-state index contributed by atoms with van der Waals surface area (Å²) in [6.07, 6.45) is 4.14. The molecule has 0 saturated carbocycles. The molecule has 25 heavy (non-hydrogen) atoms. The number of amides is 1. The lowest BCUT2D eigenvalue weighted by Gasteiger charge is -2.35. The number of aryl methyl sites for hydroxylation is 1. The molecule has 0 bridgehead atoms. The molecule has 1 amide bonds. The highest BCUT2D eigenvalue weighted by Crippen LogP contribution is 2.21. The molecule has 9 nitrogen and oxygen atoms in total. The monoisotopic (exact) mass is 347 g/mol. The van der Waals surface area contributed by atoms with Crippen LogP contribution in [-0.4, -0.2) is 58.5 Å². The second-order valence-corrected chi connectivity index (χ2v) is 5.29. The van der Waals surface area contributed by atoms with E-state index in [1.54, 1.807) is 23.2 Å². The Kier molecular flexibility index (Phi) is 6.33. The molecule has 3 heterocycles. The number of aromatic nitrogens is 2. The minimum atomic E-state index is -0.250. The molecular weight excluding hydrogens is 326 g/mol. The molecular formula is C16H21N5O4. The van der Waals surface area contributed by atoms with Crippen LogP contribution in [0.4, 0.5) is 11.8 Å². The number of furan rings is 1. The summed E-state index contributed by atoms with van der Waals surface area (Å²) < 4.78 is 5.17. The Morgan fingerprint density at radius 3 is 2.64 bits per heavy atom. The van der Waals surface area contributed by atoms with E-state index in [9.17, 15) is 4.79 Å². The number of nitrogens with two attached hydrogens (primary N) is 1. The van der Waals surface area contributed by atoms with Crippen LogP contribution < -0.4 is 10.6 Å². The van der Waals surface area contributed by atoms with E-state index in [0.717, 1.165) is 30.9 Å². The largest absolute Gasteiger partial charge is 0.483 e. The van der Waals surface area contributed by atoms with Crippen LogP contribution in [0.25, 0.3) is 0 Å². The summed E-state index contributed by atoms with van der Waals surface area (Å²) in [5, 5.41) is 6.89. The predicted octanol–water partition coefficient (Wildman–Crippen LogP) is 0.877. The van der Waals surface area contributed by atoms with Gasteiger partial charge in [-0.15, -0.1) is 0 Å². The fourth-order valence-electron chi connectivity index (χ4n) is 2.61. The van der Waals surface area contributed by atoms with Crippen LogP contribution in [0.5, 0.6) is 0 Å². The van der Waals surface area contributed by atoms with Gasteiger partial charge in [0, 0.05) is 37.9 Å². The van der Waals surface area contributed by atoms with E-state index in [2.05, 4.69) is 21.8 Å². The Balaban J connectivity index is 0.000000701. The van der Waals surface area contributed by atoms with Crippen LogP contribution in [0, 0.1) is 0 Å². The van der Waals surface area contributed by atoms with Crippen LogP contribution in [0.3, 0.4) is 0 Å². The topological polar surface area (TPSA) is 126 Å². The number of hydrogen-bond acceptors (Lipinski definition) is 7. The summed E-state index contributed by atoms with van der Waals surface area (Å²) in [6, 6.07) is 3.41. The maximum absolute atomic E-state index is 12.2. The Morgan fingerprint density at radius 1 is 1.40 bits per heavy atom. The molecule has 3 rings (SSSR count). The van der Waals surface area contributed by atoms with Crippen molar-refractivity contribution in [3.8, 4) is 0 Å². The number of hydrogen-bond donors (Lipinski definition) is 2. The Hall–Kier alpha value is -3.10. The van der Waals surface area contributed by atoms with Gasteiger partial charge in [0.2, 0.25) is 5.95 Å². The van der Waals surface area contributed by atoms with Crippen molar-refractivity contribution in [2.75, 3.05) is 36.8 Å². The standard InChI is InChI=1S/C15H19N5O2.CH2O2/c1-2-11-10-17-15(16)18-13(11)19-5-7-20(8-6-19)14(21)12-4-3-9-22-12;2-1-3/h3-4,9-10H,2,5-8H2,1H3,(H2,16,17,18);1H,(H,2,3). The van der Waals surface area contributed by atoms with E-state index in [0.29, 0.717) is 18.8 Å². The lowest BCUT2D eigenvalue weighted by atomic mass is 10.2. The minimum absolute atomic E-state index is 0.0671. The van der Waals surface area contributed by atoms with Crippen molar-refractivity contribution in [2.24, 2.45) is 0 Å². The zero-order valence-electron chi connectivity index (χ0n) is 14.0. The third-order valence-corrected chi connectivity index (χ3v) is 3.84. The van der Waals surface area contributed by atoms with Gasteiger partial charge in [-0.3, -0.25) is 9.59 Å². The van der Waals surface area contributed by atoms with Crippen molar-refractivity contribution in [2.45, 2.75) is 13.3 Å². The maximum atomic E-state index is 12.2. The summed E-state index contributed by atoms with van der Waals surface area (Å²) in [5.74, 6) is 1.47. The summed E-state index contributed by atoms with van der Waals surface area (Å²) >= 11 is 0. The van der Waals surface area contributed by atoms with Gasteiger partial charge in [0.15, 0.2) is 5.76 Å². The predicted molar refractivity (Wildman–Crippen MR) is 91.3 cm³/mol. The van der Waals surface area contributed by atoms with E-state index in [1.165, 1.54) is 6.26 Å². The van der Waals surface area contributed by atoms with Crippen LogP contribution >= 0.6 is 0 Å². The number of nitrogens with zero attached hydrogens (tertiary/aromatic N) is 4. The maximum Gasteiger partial charge on any atom is 0.290 e. The highest BCUT2D eigenvalue weighted by molar-refractivity contribution is 5.91. The van der Waals surface area contributed by atoms with Crippen molar-refractivity contribution >= 4 is 24.1 Å². The van der Waals surface area contributed by atoms with Crippen LogP contribution in [0.1, 0.15) is 23.0 Å². The van der Waals surface area contributed by atoms with E-state index in [1.807, 2.05) is 0 Å². The van der Waals surface area contributed by atoms with Gasteiger partial charge in [0.1, 0.15) is 5.82 Å². The first-order valence-corrected chi connectivity index (χ1v) is 7.87. The number of rotatable bonds is 3. The second-order valence-electron chi connectivity index (χ2n) is 5.29. The number of carbonyl (C=O) groups excluding carboxylic acids is 1. The third kappa shape index (κ3) is 4.46. The number of anilines is 2. The molecule has 1 aliphatic heterocycles. The molecule has 1 saturated heterocycles. The van der Waals surface area contributed by atoms with Gasteiger partial charge in [-0.2, -0.15) is 4.98 Å². The fraction of sp³-hybridized carbons (Fsp3) is 0.375. The second kappa shape index (κ2) is 8.67. The van der Waals surface area contributed by atoms with E-state index in [-0.39, 0.29) is 18.3 Å². The smallest absolute Gasteiger partial charge is 0.290 e. The number of nitrogen functional groups attached to an aromatic ring is 1. The summed E-state index contributed by atoms with van der Waals surface area (Å²) in [6.45, 7) is 4.51. The van der Waals surface area contributed by atoms with Crippen LogP contribution in [0.2, 0.25) is 0 Å². The molecule has 0 spiro atoms. The molecule has 3 N–H and O–H groups in total. The molecule has 0 aromatic carbocycles. The van der Waals surface area contributed by atoms with Crippen LogP contribution in [-0.2, 0) is 11.2 Å². The molecule has 9 heteroatoms. The average Bonchev–Trinajstić information content (AvgIpc) is 3.16. The van der Waals surface area contributed by atoms with Gasteiger partial charge in [-0.25, -0.2) is 4.98 Å². The average molecular weight is 347 g/mol. The molecule has 0 radical (unpaired) electrons. The SMILES string of the molecule is CCc1cnc(N)nc1N1CCN(C(=O)c2ccco2)CC1.O=CO. The van der Waals surface area contributed by atoms with Crippen molar-refractivity contribution in [3.63, 3.8) is 0 Å². The van der Waals surface area contributed by atoms with Crippen molar-refractivity contribution in [3.05, 3.63) is 35.9 Å². The number of carboxylic acid groups (broad SMARTS) is 1. The Morgan fingerprint density at radius 2 is 2.08 bits per heavy atom. The first kappa shape index (κ1) is 18.2. The van der Waals surface area contributed by atoms with E-state index in [4.69, 9.17) is 20.1 Å². The van der Waals surface area contributed by atoms with Crippen LogP contribution in [0.15, 0.2) is 29.0 Å². The summed E-state index contributed by atoms with van der Waals surface area (Å²) in [7, 11) is 0. The normalized spacial score (nSPS) is 13.8. The minimum Gasteiger partial charge on any atom is -0.483 e. The van der Waals surface area contributed by atoms with Gasteiger partial charge >= 0.3 is 0 Å². The van der Waals surface area contributed by atoms with Gasteiger partial charge in [0.25, 0.3) is 12.4 Å². The Bertz CT molecular complexity index is 697. The fourth-order valence-corrected chi connectivity index (χ4v) is 2.61. The van der Waals surface area contributed by atoms with Gasteiger partial charge < -0.3 is 25.1 Å². The summed E-state index contributed by atoms with van der Waals surface area (Å²) in [4.78, 5) is 33.0. The van der Waals surface area contributed by atoms with Gasteiger partial charge in [-0.05, 0) is 18.6 Å². The van der Waals surface area contributed by atoms with E-state index < -0.39 is 0 Å². The van der Waals surface area contributed by atoms with E-state index >= 15 is 0 Å². The molecule has 2 aromatic rings. The molecule has 134 valence electrons. The molecule has 0 aliphatic carbocycles. The number of piperazine rings is 1. The van der Waals surface area contributed by atoms with Crippen molar-refractivity contribution in [1.29, 1.82) is 0 Å². The molecule has 2 aromatic heterocycles. The molecule has 0 unspecified atom stereocenters. The van der Waals surface area contributed by atoms with Gasteiger partial charge in [0.05, 0.1) is 6.26 Å². The highest BCUT2D eigenvalue weighted by atomic mass is 16.3. The molecule has 1 fully saturated rings. The molecule has 1 aliphatic rings. The molecule has 0 atom stereocenters.